The lowest BCUT2D eigenvalue weighted by atomic mass is 10.1. The third-order valence-electron chi connectivity index (χ3n) is 3.63. The summed E-state index contributed by atoms with van der Waals surface area (Å²) in [5.74, 6) is 0.227. The molecule has 2 aromatic carbocycles. The van der Waals surface area contributed by atoms with Crippen molar-refractivity contribution in [1.29, 1.82) is 5.26 Å². The molecule has 5 heteroatoms. The van der Waals surface area contributed by atoms with E-state index >= 15 is 0 Å². The predicted octanol–water partition coefficient (Wildman–Crippen LogP) is 5.18. The highest BCUT2D eigenvalue weighted by Gasteiger charge is 2.11. The van der Waals surface area contributed by atoms with Crippen LogP contribution >= 0.6 is 15.9 Å². The number of carbonyl (C=O) groups excluding carboxylic acids is 1. The number of nitrogens with zero attached hydrogens (tertiary/aromatic N) is 1. The molecule has 0 aliphatic heterocycles. The van der Waals surface area contributed by atoms with Gasteiger partial charge >= 0.3 is 0 Å². The number of hydrogen-bond acceptors (Lipinski definition) is 3. The zero-order valence-corrected chi connectivity index (χ0v) is 16.3. The van der Waals surface area contributed by atoms with Gasteiger partial charge < -0.3 is 10.1 Å². The van der Waals surface area contributed by atoms with Gasteiger partial charge in [0.05, 0.1) is 4.47 Å². The van der Waals surface area contributed by atoms with E-state index in [0.717, 1.165) is 21.2 Å². The number of anilines is 1. The summed E-state index contributed by atoms with van der Waals surface area (Å²) in [6.07, 6.45) is 3.20. The maximum absolute atomic E-state index is 12.5. The van der Waals surface area contributed by atoms with E-state index in [2.05, 4.69) is 27.8 Å². The SMILES string of the molecule is C=CCOc1ccc(/C=C(\C#N)C(=O)Nc2cc(C)ccc2C)cc1Br. The Morgan fingerprint density at radius 3 is 2.73 bits per heavy atom. The van der Waals surface area contributed by atoms with Gasteiger partial charge in [-0.15, -0.1) is 0 Å². The molecule has 0 unspecified atom stereocenters. The summed E-state index contributed by atoms with van der Waals surface area (Å²) in [6.45, 7) is 7.86. The zero-order chi connectivity index (χ0) is 19.1. The number of ether oxygens (including phenoxy) is 1. The molecule has 0 aliphatic carbocycles. The number of aryl methyl sites for hydroxylation is 2. The number of nitrogens with one attached hydrogen (secondary N) is 1. The highest BCUT2D eigenvalue weighted by molar-refractivity contribution is 9.10. The van der Waals surface area contributed by atoms with Crippen LogP contribution in [0.2, 0.25) is 0 Å². The highest BCUT2D eigenvalue weighted by atomic mass is 79.9. The van der Waals surface area contributed by atoms with E-state index in [1.807, 2.05) is 38.1 Å². The monoisotopic (exact) mass is 410 g/mol. The van der Waals surface area contributed by atoms with Gasteiger partial charge in [-0.3, -0.25) is 4.79 Å². The largest absolute Gasteiger partial charge is 0.488 e. The first-order valence-electron chi connectivity index (χ1n) is 7.98. The van der Waals surface area contributed by atoms with Crippen LogP contribution in [0.5, 0.6) is 5.75 Å². The van der Waals surface area contributed by atoms with Gasteiger partial charge in [-0.05, 0) is 70.7 Å². The second kappa shape index (κ2) is 9.02. The third-order valence-corrected chi connectivity index (χ3v) is 4.25. The van der Waals surface area contributed by atoms with Gasteiger partial charge in [-0.2, -0.15) is 5.26 Å². The predicted molar refractivity (Wildman–Crippen MR) is 108 cm³/mol. The summed E-state index contributed by atoms with van der Waals surface area (Å²) < 4.78 is 6.23. The van der Waals surface area contributed by atoms with Crippen molar-refractivity contribution in [3.8, 4) is 11.8 Å². The summed E-state index contributed by atoms with van der Waals surface area (Å²) >= 11 is 3.43. The van der Waals surface area contributed by atoms with Crippen molar-refractivity contribution in [2.45, 2.75) is 13.8 Å². The van der Waals surface area contributed by atoms with Gasteiger partial charge in [0.25, 0.3) is 5.91 Å². The first kappa shape index (κ1) is 19.5. The Morgan fingerprint density at radius 1 is 1.31 bits per heavy atom. The molecule has 0 saturated carbocycles. The van der Waals surface area contributed by atoms with Crippen molar-refractivity contribution < 1.29 is 9.53 Å². The number of amides is 1. The molecular formula is C21H19BrN2O2. The van der Waals surface area contributed by atoms with Crippen molar-refractivity contribution in [2.24, 2.45) is 0 Å². The average molecular weight is 411 g/mol. The van der Waals surface area contributed by atoms with Crippen LogP contribution < -0.4 is 10.1 Å². The van der Waals surface area contributed by atoms with Gasteiger partial charge in [-0.25, -0.2) is 0 Å². The van der Waals surface area contributed by atoms with Crippen LogP contribution in [-0.2, 0) is 4.79 Å². The molecule has 0 atom stereocenters. The Kier molecular flexibility index (Phi) is 6.76. The summed E-state index contributed by atoms with van der Waals surface area (Å²) in [5.41, 5.74) is 3.42. The lowest BCUT2D eigenvalue weighted by Crippen LogP contribution is -2.14. The Bertz CT molecular complexity index is 911. The zero-order valence-electron chi connectivity index (χ0n) is 14.7. The van der Waals surface area contributed by atoms with Crippen LogP contribution in [0.15, 0.2) is 59.1 Å². The normalized spacial score (nSPS) is 10.8. The van der Waals surface area contributed by atoms with Gasteiger partial charge in [0.2, 0.25) is 0 Å². The van der Waals surface area contributed by atoms with E-state index in [4.69, 9.17) is 4.74 Å². The standard InChI is InChI=1S/C21H19BrN2O2/c1-4-9-26-20-8-7-16(12-18(20)22)11-17(13-23)21(25)24-19-10-14(2)5-6-15(19)3/h4-8,10-12H,1,9H2,2-3H3,(H,24,25)/b17-11+. The lowest BCUT2D eigenvalue weighted by Gasteiger charge is -2.09. The van der Waals surface area contributed by atoms with Gasteiger partial charge in [0.15, 0.2) is 0 Å². The second-order valence-electron chi connectivity index (χ2n) is 5.73. The average Bonchev–Trinajstić information content (AvgIpc) is 2.62. The van der Waals surface area contributed by atoms with Crippen molar-refractivity contribution in [3.63, 3.8) is 0 Å². The molecule has 1 N–H and O–H groups in total. The van der Waals surface area contributed by atoms with Crippen molar-refractivity contribution in [3.05, 3.63) is 75.8 Å². The van der Waals surface area contributed by atoms with Crippen molar-refractivity contribution in [2.75, 3.05) is 11.9 Å². The van der Waals surface area contributed by atoms with Crippen LogP contribution in [0.4, 0.5) is 5.69 Å². The molecule has 0 bridgehead atoms. The molecule has 0 aliphatic rings. The molecule has 0 heterocycles. The lowest BCUT2D eigenvalue weighted by molar-refractivity contribution is -0.112. The third kappa shape index (κ3) is 5.08. The Hall–Kier alpha value is -2.84. The number of nitriles is 1. The summed E-state index contributed by atoms with van der Waals surface area (Å²) in [5, 5.41) is 12.2. The molecule has 0 spiro atoms. The Morgan fingerprint density at radius 2 is 2.08 bits per heavy atom. The number of carbonyl (C=O) groups is 1. The summed E-state index contributed by atoms with van der Waals surface area (Å²) in [7, 11) is 0. The maximum Gasteiger partial charge on any atom is 0.266 e. The van der Waals surface area contributed by atoms with Gasteiger partial charge in [-0.1, -0.05) is 30.9 Å². The topological polar surface area (TPSA) is 62.1 Å². The van der Waals surface area contributed by atoms with E-state index < -0.39 is 5.91 Å². The van der Waals surface area contributed by atoms with E-state index in [9.17, 15) is 10.1 Å². The van der Waals surface area contributed by atoms with E-state index in [0.29, 0.717) is 18.0 Å². The quantitative estimate of drug-likeness (QED) is 0.405. The molecule has 26 heavy (non-hydrogen) atoms. The highest BCUT2D eigenvalue weighted by Crippen LogP contribution is 2.27. The van der Waals surface area contributed by atoms with Crippen LogP contribution in [-0.4, -0.2) is 12.5 Å². The summed E-state index contributed by atoms with van der Waals surface area (Å²) in [6, 6.07) is 13.1. The molecule has 132 valence electrons. The fraction of sp³-hybridized carbons (Fsp3) is 0.143. The molecule has 0 saturated heterocycles. The van der Waals surface area contributed by atoms with E-state index in [-0.39, 0.29) is 5.57 Å². The molecular weight excluding hydrogens is 392 g/mol. The van der Waals surface area contributed by atoms with E-state index in [1.54, 1.807) is 30.4 Å². The Labute approximate surface area is 161 Å². The fourth-order valence-corrected chi connectivity index (χ4v) is 2.76. The van der Waals surface area contributed by atoms with E-state index in [1.165, 1.54) is 0 Å². The molecule has 1 amide bonds. The molecule has 0 radical (unpaired) electrons. The van der Waals surface area contributed by atoms with Gasteiger partial charge in [0, 0.05) is 5.69 Å². The molecule has 0 fully saturated rings. The molecule has 0 aromatic heterocycles. The van der Waals surface area contributed by atoms with Crippen LogP contribution in [0, 0.1) is 25.2 Å². The maximum atomic E-state index is 12.5. The minimum atomic E-state index is -0.440. The minimum Gasteiger partial charge on any atom is -0.488 e. The first-order valence-corrected chi connectivity index (χ1v) is 8.77. The second-order valence-corrected chi connectivity index (χ2v) is 6.59. The molecule has 2 rings (SSSR count). The fourth-order valence-electron chi connectivity index (χ4n) is 2.25. The van der Waals surface area contributed by atoms with Crippen LogP contribution in [0.3, 0.4) is 0 Å². The number of benzene rings is 2. The number of rotatable bonds is 6. The first-order chi connectivity index (χ1) is 12.4. The number of halogens is 1. The van der Waals surface area contributed by atoms with Crippen molar-refractivity contribution in [1.82, 2.24) is 0 Å². The smallest absolute Gasteiger partial charge is 0.266 e. The van der Waals surface area contributed by atoms with Gasteiger partial charge in [0.1, 0.15) is 24.0 Å². The molecule has 2 aromatic rings. The minimum absolute atomic E-state index is 0.0255. The summed E-state index contributed by atoms with van der Waals surface area (Å²) in [4.78, 5) is 12.5. The van der Waals surface area contributed by atoms with Crippen LogP contribution in [0.1, 0.15) is 16.7 Å². The Balaban J connectivity index is 2.23. The number of hydrogen-bond donors (Lipinski definition) is 1. The molecule has 4 nitrogen and oxygen atoms in total. The van der Waals surface area contributed by atoms with Crippen LogP contribution in [0.25, 0.3) is 6.08 Å². The van der Waals surface area contributed by atoms with Crippen molar-refractivity contribution >= 4 is 33.6 Å².